The molecule has 24 rings (SSSR count). The Labute approximate surface area is 661 Å². The summed E-state index contributed by atoms with van der Waals surface area (Å²) < 4.78 is 9.79. The van der Waals surface area contributed by atoms with Crippen LogP contribution in [0.4, 0.5) is 0 Å². The molecule has 0 spiro atoms. The Morgan fingerprint density at radius 2 is 0.526 bits per heavy atom. The summed E-state index contributed by atoms with van der Waals surface area (Å²) in [6.45, 7) is 9.56. The molecule has 0 atom stereocenters. The molecule has 4 heterocycles. The standard InChI is InChI=1S/2C55H38N2/c1-55(2)47-18-10-8-17-44(47)53-48(55)28-31-52-54(53)46-34-40(24-30-51(46)57(52)42-27-22-36-14-6-7-15-38(36)32-42)39-23-29-50-45(33-39)43-16-9-11-19-49(43)56(50)41-25-20-37(21-26-41)35-12-4-3-5-13-35;1-55(2)48-18-10-8-16-43(48)45-28-31-52-53(54(45)55)47-34-40(24-30-51(47)57(52)42-27-22-36-14-6-7-15-38(36)32-42)39-23-29-50-46(33-39)44-17-9-11-19-49(44)56(50)41-25-20-37(21-26-41)35-12-4-3-5-13-35/h2*3-34H,1-2H3. The third-order valence-electron chi connectivity index (χ3n) is 25.4. The van der Waals surface area contributed by atoms with Crippen molar-refractivity contribution in [2.45, 2.75) is 38.5 Å². The molecule has 0 radical (unpaired) electrons. The van der Waals surface area contributed by atoms with E-state index in [1.54, 1.807) is 0 Å². The van der Waals surface area contributed by atoms with Crippen LogP contribution < -0.4 is 0 Å². The fourth-order valence-corrected chi connectivity index (χ4v) is 20.0. The SMILES string of the molecule is CC1(C)c2ccccc2-c2c1ccc1c2c2cc(-c3ccc4c(c3)c3ccccc3n4-c3ccc(-c4ccccc4)cc3)ccc2n1-c1ccc2ccccc2c1.CC1(C)c2ccccc2-c2ccc3c(c21)c1cc(-c2ccc4c(c2)c2ccccc2n4-c2ccc(-c4ccccc4)cc2)ccc1n3-c1ccc2ccccc2c1. The summed E-state index contributed by atoms with van der Waals surface area (Å²) in [7, 11) is 0. The van der Waals surface area contributed by atoms with E-state index in [1.165, 1.54) is 209 Å². The maximum absolute atomic E-state index is 2.49. The van der Waals surface area contributed by atoms with Crippen LogP contribution in [0.1, 0.15) is 49.9 Å². The van der Waals surface area contributed by atoms with Gasteiger partial charge in [0, 0.05) is 76.7 Å². The smallest absolute Gasteiger partial charge is 0.0547 e. The number of para-hydroxylation sites is 2. The second-order valence-corrected chi connectivity index (χ2v) is 32.3. The average molecular weight is 1450 g/mol. The summed E-state index contributed by atoms with van der Waals surface area (Å²) in [5, 5.41) is 15.3. The van der Waals surface area contributed by atoms with Gasteiger partial charge in [0.15, 0.2) is 0 Å². The molecule has 0 amide bonds. The average Bonchev–Trinajstić information content (AvgIpc) is 1.54. The highest BCUT2D eigenvalue weighted by molar-refractivity contribution is 6.20. The van der Waals surface area contributed by atoms with Crippen molar-refractivity contribution in [2.75, 3.05) is 0 Å². The minimum absolute atomic E-state index is 0.0871. The van der Waals surface area contributed by atoms with Gasteiger partial charge in [-0.3, -0.25) is 0 Å². The summed E-state index contributed by atoms with van der Waals surface area (Å²) in [5.74, 6) is 0. The molecule has 4 heteroatoms. The molecular weight excluding hydrogens is 1380 g/mol. The lowest BCUT2D eigenvalue weighted by Gasteiger charge is -2.22. The van der Waals surface area contributed by atoms with Gasteiger partial charge >= 0.3 is 0 Å². The van der Waals surface area contributed by atoms with E-state index in [-0.39, 0.29) is 10.8 Å². The van der Waals surface area contributed by atoms with Crippen LogP contribution in [0.15, 0.2) is 388 Å². The van der Waals surface area contributed by atoms with Crippen LogP contribution in [0, 0.1) is 0 Å². The molecule has 536 valence electrons. The molecule has 0 saturated heterocycles. The number of aromatic nitrogens is 4. The second kappa shape index (κ2) is 25.1. The Kier molecular flexibility index (Phi) is 14.4. The molecule has 0 N–H and O–H groups in total. The Bertz CT molecular complexity index is 7750. The van der Waals surface area contributed by atoms with Gasteiger partial charge in [0.1, 0.15) is 0 Å². The molecule has 0 unspecified atom stereocenters. The highest BCUT2D eigenvalue weighted by Crippen LogP contribution is 2.56. The van der Waals surface area contributed by atoms with Crippen molar-refractivity contribution in [1.29, 1.82) is 0 Å². The van der Waals surface area contributed by atoms with Crippen LogP contribution in [0.3, 0.4) is 0 Å². The van der Waals surface area contributed by atoms with Crippen LogP contribution in [0.2, 0.25) is 0 Å². The molecule has 22 aromatic rings. The van der Waals surface area contributed by atoms with E-state index >= 15 is 0 Å². The van der Waals surface area contributed by atoms with Crippen LogP contribution in [-0.2, 0) is 10.8 Å². The predicted molar refractivity (Wildman–Crippen MR) is 482 cm³/mol. The summed E-state index contributed by atoms with van der Waals surface area (Å²) in [6, 6.07) is 144. The quantitative estimate of drug-likeness (QED) is 0.144. The van der Waals surface area contributed by atoms with Gasteiger partial charge in [0.25, 0.3) is 0 Å². The zero-order chi connectivity index (χ0) is 75.7. The van der Waals surface area contributed by atoms with Gasteiger partial charge in [-0.05, 0) is 232 Å². The minimum Gasteiger partial charge on any atom is -0.309 e. The van der Waals surface area contributed by atoms with Crippen LogP contribution in [0.25, 0.3) is 198 Å². The van der Waals surface area contributed by atoms with E-state index in [9.17, 15) is 0 Å². The highest BCUT2D eigenvalue weighted by atomic mass is 15.0. The summed E-state index contributed by atoms with van der Waals surface area (Å²) >= 11 is 0. The van der Waals surface area contributed by atoms with E-state index in [2.05, 4.69) is 434 Å². The molecule has 0 saturated carbocycles. The molecule has 18 aromatic carbocycles. The maximum Gasteiger partial charge on any atom is 0.0547 e. The van der Waals surface area contributed by atoms with E-state index in [1.807, 2.05) is 0 Å². The summed E-state index contributed by atoms with van der Waals surface area (Å²) in [6.07, 6.45) is 0. The van der Waals surface area contributed by atoms with Crippen LogP contribution >= 0.6 is 0 Å². The van der Waals surface area contributed by atoms with Crippen molar-refractivity contribution < 1.29 is 0 Å². The van der Waals surface area contributed by atoms with Gasteiger partial charge in [-0.1, -0.05) is 295 Å². The molecule has 0 aliphatic heterocycles. The van der Waals surface area contributed by atoms with Gasteiger partial charge in [-0.2, -0.15) is 0 Å². The molecule has 0 bridgehead atoms. The first-order chi connectivity index (χ1) is 56.1. The Hall–Kier alpha value is -14.3. The first-order valence-electron chi connectivity index (χ1n) is 39.9. The van der Waals surface area contributed by atoms with Crippen molar-refractivity contribution >= 4 is 109 Å². The topological polar surface area (TPSA) is 19.7 Å². The van der Waals surface area contributed by atoms with E-state index in [0.29, 0.717) is 0 Å². The van der Waals surface area contributed by atoms with Gasteiger partial charge in [0.05, 0.1) is 44.1 Å². The zero-order valence-corrected chi connectivity index (χ0v) is 63.7. The van der Waals surface area contributed by atoms with E-state index < -0.39 is 0 Å². The first kappa shape index (κ1) is 65.6. The number of rotatable bonds is 8. The molecule has 0 fully saturated rings. The highest BCUT2D eigenvalue weighted by Gasteiger charge is 2.40. The van der Waals surface area contributed by atoms with Crippen LogP contribution in [0.5, 0.6) is 0 Å². The van der Waals surface area contributed by atoms with Gasteiger partial charge < -0.3 is 18.3 Å². The molecular formula is C110H76N4. The summed E-state index contributed by atoms with van der Waals surface area (Å²) in [4.78, 5) is 0. The fraction of sp³-hybridized carbons (Fsp3) is 0.0545. The zero-order valence-electron chi connectivity index (χ0n) is 63.7. The lowest BCUT2D eigenvalue weighted by atomic mass is 9.80. The largest absolute Gasteiger partial charge is 0.309 e. The van der Waals surface area contributed by atoms with Crippen molar-refractivity contribution in [1.82, 2.24) is 18.3 Å². The third kappa shape index (κ3) is 9.90. The van der Waals surface area contributed by atoms with Crippen LogP contribution in [-0.4, -0.2) is 18.3 Å². The van der Waals surface area contributed by atoms with Gasteiger partial charge in [-0.15, -0.1) is 0 Å². The van der Waals surface area contributed by atoms with Gasteiger partial charge in [0.2, 0.25) is 0 Å². The number of benzene rings is 18. The maximum atomic E-state index is 2.49. The Balaban J connectivity index is 0.000000135. The van der Waals surface area contributed by atoms with E-state index in [4.69, 9.17) is 0 Å². The number of fused-ring (bicyclic) bond motifs is 22. The second-order valence-electron chi connectivity index (χ2n) is 32.3. The minimum atomic E-state index is -0.149. The van der Waals surface area contributed by atoms with Crippen molar-refractivity contribution in [2.24, 2.45) is 0 Å². The summed E-state index contributed by atoms with van der Waals surface area (Å²) in [5.41, 5.74) is 35.0. The monoisotopic (exact) mass is 1450 g/mol. The molecule has 2 aliphatic carbocycles. The molecule has 2 aliphatic rings. The normalized spacial score (nSPS) is 13.2. The number of hydrogen-bond acceptors (Lipinski definition) is 0. The Morgan fingerprint density at radius 3 is 1.04 bits per heavy atom. The first-order valence-corrected chi connectivity index (χ1v) is 39.9. The lowest BCUT2D eigenvalue weighted by Crippen LogP contribution is -2.15. The Morgan fingerprint density at radius 1 is 0.184 bits per heavy atom. The van der Waals surface area contributed by atoms with Crippen molar-refractivity contribution in [3.8, 4) is 89.5 Å². The third-order valence-corrected chi connectivity index (χ3v) is 25.4. The van der Waals surface area contributed by atoms with Gasteiger partial charge in [-0.25, -0.2) is 0 Å². The number of nitrogens with zero attached hydrogens (tertiary/aromatic N) is 4. The lowest BCUT2D eigenvalue weighted by molar-refractivity contribution is 0.661. The van der Waals surface area contributed by atoms with Crippen molar-refractivity contribution in [3.05, 3.63) is 411 Å². The molecule has 114 heavy (non-hydrogen) atoms. The number of hydrogen-bond donors (Lipinski definition) is 0. The molecule has 4 aromatic heterocycles. The van der Waals surface area contributed by atoms with E-state index in [0.717, 1.165) is 11.4 Å². The fourth-order valence-electron chi connectivity index (χ4n) is 20.0. The van der Waals surface area contributed by atoms with Crippen molar-refractivity contribution in [3.63, 3.8) is 0 Å². The predicted octanol–water partition coefficient (Wildman–Crippen LogP) is 29.3. The molecule has 4 nitrogen and oxygen atoms in total.